The molecule has 4 rings (SSSR count). The lowest BCUT2D eigenvalue weighted by Gasteiger charge is -2.30. The van der Waals surface area contributed by atoms with Gasteiger partial charge in [-0.3, -0.25) is 9.48 Å². The number of fused-ring (bicyclic) bond motifs is 1. The fourth-order valence-electron chi connectivity index (χ4n) is 5.03. The van der Waals surface area contributed by atoms with Gasteiger partial charge in [0.15, 0.2) is 0 Å². The van der Waals surface area contributed by atoms with Crippen molar-refractivity contribution in [3.8, 4) is 11.3 Å². The number of esters is 1. The molecule has 48 heavy (non-hydrogen) atoms. The molecule has 0 unspecified atom stereocenters. The van der Waals surface area contributed by atoms with Crippen molar-refractivity contribution < 1.29 is 33.4 Å². The molecule has 13 heteroatoms. The minimum atomic E-state index is -0.708. The van der Waals surface area contributed by atoms with Gasteiger partial charge in [0.25, 0.3) is 5.91 Å². The van der Waals surface area contributed by atoms with Gasteiger partial charge in [-0.1, -0.05) is 6.07 Å². The van der Waals surface area contributed by atoms with Gasteiger partial charge in [-0.25, -0.2) is 14.4 Å². The van der Waals surface area contributed by atoms with Crippen molar-refractivity contribution in [1.82, 2.24) is 24.6 Å². The van der Waals surface area contributed by atoms with Crippen LogP contribution >= 0.6 is 0 Å². The molecule has 0 saturated carbocycles. The second kappa shape index (κ2) is 14.4. The number of ether oxygens (including phenoxy) is 3. The molecule has 0 saturated heterocycles. The zero-order valence-corrected chi connectivity index (χ0v) is 29.2. The number of hydrogen-bond acceptors (Lipinski definition) is 8. The Hall–Kier alpha value is -5.07. The average Bonchev–Trinajstić information content (AvgIpc) is 3.68. The summed E-state index contributed by atoms with van der Waals surface area (Å²) in [5.41, 5.74) is 3.54. The summed E-state index contributed by atoms with van der Waals surface area (Å²) in [7, 11) is 1.62. The van der Waals surface area contributed by atoms with Crippen LogP contribution in [-0.2, 0) is 25.5 Å². The van der Waals surface area contributed by atoms with E-state index < -0.39 is 29.4 Å². The lowest BCUT2D eigenvalue weighted by molar-refractivity contribution is -0.110. The molecule has 3 aromatic rings. The van der Waals surface area contributed by atoms with Crippen molar-refractivity contribution in [2.45, 2.75) is 73.1 Å². The van der Waals surface area contributed by atoms with Crippen LogP contribution in [0.2, 0.25) is 0 Å². The van der Waals surface area contributed by atoms with Crippen molar-refractivity contribution in [3.63, 3.8) is 0 Å². The molecule has 0 bridgehead atoms. The molecule has 1 aliphatic heterocycles. The number of amides is 3. The first-order chi connectivity index (χ1) is 22.5. The molecular formula is C35H46N6O7. The molecule has 2 aromatic heterocycles. The summed E-state index contributed by atoms with van der Waals surface area (Å²) < 4.78 is 18.1. The Balaban J connectivity index is 1.56. The Morgan fingerprint density at radius 3 is 2.31 bits per heavy atom. The Kier molecular flexibility index (Phi) is 10.7. The number of aryl methyl sites for hydroxylation is 1. The summed E-state index contributed by atoms with van der Waals surface area (Å²) >= 11 is 0. The topological polar surface area (TPSA) is 148 Å². The van der Waals surface area contributed by atoms with E-state index in [9.17, 15) is 19.2 Å². The molecule has 3 amide bonds. The first-order valence-corrected chi connectivity index (χ1v) is 15.9. The number of likely N-dealkylation sites (N-methyl/N-ethyl adjacent to an activating group) is 1. The number of aromatic amines is 1. The maximum absolute atomic E-state index is 13.2. The van der Waals surface area contributed by atoms with Crippen LogP contribution in [0.1, 0.15) is 75.8 Å². The summed E-state index contributed by atoms with van der Waals surface area (Å²) in [6.45, 7) is 15.6. The lowest BCUT2D eigenvalue weighted by Crippen LogP contribution is -2.44. The van der Waals surface area contributed by atoms with Crippen molar-refractivity contribution in [3.05, 3.63) is 59.0 Å². The number of benzene rings is 1. The van der Waals surface area contributed by atoms with Gasteiger partial charge in [0.2, 0.25) is 0 Å². The van der Waals surface area contributed by atoms with E-state index in [1.165, 1.54) is 4.90 Å². The number of nitrogens with zero attached hydrogens (tertiary/aromatic N) is 4. The molecule has 0 spiro atoms. The van der Waals surface area contributed by atoms with Gasteiger partial charge in [-0.2, -0.15) is 5.10 Å². The number of aromatic nitrogens is 3. The van der Waals surface area contributed by atoms with Crippen molar-refractivity contribution >= 4 is 41.4 Å². The van der Waals surface area contributed by atoms with E-state index in [4.69, 9.17) is 14.2 Å². The monoisotopic (exact) mass is 662 g/mol. The SMILES string of the molecule is CCOC(=O)c1cc(C)[nH]c1/C=C1\C(=O)Nc2ccc(-c3ccnn3CCN(CCN(C)C(=O)OC(C)(C)C)C(=O)OC(C)(C)C)cc21. The minimum absolute atomic E-state index is 0.216. The molecule has 258 valence electrons. The van der Waals surface area contributed by atoms with Crippen LogP contribution < -0.4 is 5.32 Å². The van der Waals surface area contributed by atoms with E-state index in [1.807, 2.05) is 31.2 Å². The highest BCUT2D eigenvalue weighted by molar-refractivity contribution is 6.35. The number of carbonyl (C=O) groups excluding carboxylic acids is 4. The lowest BCUT2D eigenvalue weighted by atomic mass is 10.0. The van der Waals surface area contributed by atoms with Gasteiger partial charge in [0.05, 0.1) is 35.7 Å². The quantitative estimate of drug-likeness (QED) is 0.154. The van der Waals surface area contributed by atoms with Crippen molar-refractivity contribution in [1.29, 1.82) is 0 Å². The molecule has 0 fully saturated rings. The highest BCUT2D eigenvalue weighted by atomic mass is 16.6. The Morgan fingerprint density at radius 2 is 1.65 bits per heavy atom. The van der Waals surface area contributed by atoms with E-state index in [2.05, 4.69) is 15.4 Å². The highest BCUT2D eigenvalue weighted by Gasteiger charge is 2.28. The number of rotatable bonds is 10. The van der Waals surface area contributed by atoms with Crippen LogP contribution in [0.25, 0.3) is 22.9 Å². The zero-order chi connectivity index (χ0) is 35.4. The molecule has 3 heterocycles. The van der Waals surface area contributed by atoms with E-state index in [-0.39, 0.29) is 32.1 Å². The van der Waals surface area contributed by atoms with Crippen molar-refractivity contribution in [2.75, 3.05) is 38.6 Å². The van der Waals surface area contributed by atoms with Gasteiger partial charge in [0.1, 0.15) is 11.2 Å². The first kappa shape index (κ1) is 35.8. The van der Waals surface area contributed by atoms with Crippen LogP contribution in [0.3, 0.4) is 0 Å². The normalized spacial score (nSPS) is 13.6. The van der Waals surface area contributed by atoms with Crippen LogP contribution in [0, 0.1) is 6.92 Å². The highest BCUT2D eigenvalue weighted by Crippen LogP contribution is 2.36. The Labute approximate surface area is 281 Å². The maximum atomic E-state index is 13.2. The number of anilines is 1. The second-order valence-corrected chi connectivity index (χ2v) is 13.6. The first-order valence-electron chi connectivity index (χ1n) is 15.9. The molecule has 1 aliphatic rings. The maximum Gasteiger partial charge on any atom is 0.410 e. The molecular weight excluding hydrogens is 616 g/mol. The van der Waals surface area contributed by atoms with E-state index in [0.29, 0.717) is 34.6 Å². The zero-order valence-electron chi connectivity index (χ0n) is 29.2. The summed E-state index contributed by atoms with van der Waals surface area (Å²) in [6, 6.07) is 9.17. The van der Waals surface area contributed by atoms with Gasteiger partial charge < -0.3 is 34.3 Å². The van der Waals surface area contributed by atoms with Crippen molar-refractivity contribution in [2.24, 2.45) is 0 Å². The van der Waals surface area contributed by atoms with Gasteiger partial charge in [0, 0.05) is 55.4 Å². The molecule has 1 aromatic carbocycles. The Bertz CT molecular complexity index is 1710. The van der Waals surface area contributed by atoms with E-state index >= 15 is 0 Å². The van der Waals surface area contributed by atoms with Crippen LogP contribution in [0.15, 0.2) is 36.5 Å². The molecule has 2 N–H and O–H groups in total. The predicted octanol–water partition coefficient (Wildman–Crippen LogP) is 5.96. The molecule has 0 atom stereocenters. The second-order valence-electron chi connectivity index (χ2n) is 13.6. The number of nitrogens with one attached hydrogen (secondary N) is 2. The largest absolute Gasteiger partial charge is 0.462 e. The predicted molar refractivity (Wildman–Crippen MR) is 182 cm³/mol. The number of carbonyl (C=O) groups is 4. The van der Waals surface area contributed by atoms with Crippen LogP contribution in [0.5, 0.6) is 0 Å². The average molecular weight is 663 g/mol. The summed E-state index contributed by atoms with van der Waals surface area (Å²) in [5.74, 6) is -0.760. The van der Waals surface area contributed by atoms with Gasteiger partial charge >= 0.3 is 18.2 Å². The van der Waals surface area contributed by atoms with E-state index in [1.54, 1.807) is 83.4 Å². The molecule has 0 aliphatic carbocycles. The fraction of sp³-hybridized carbons (Fsp3) is 0.457. The smallest absolute Gasteiger partial charge is 0.410 e. The number of hydrogen-bond donors (Lipinski definition) is 2. The van der Waals surface area contributed by atoms with Gasteiger partial charge in [-0.15, -0.1) is 0 Å². The number of H-pyrrole nitrogens is 1. The van der Waals surface area contributed by atoms with Gasteiger partial charge in [-0.05, 0) is 85.7 Å². The molecule has 0 radical (unpaired) electrons. The standard InChI is InChI=1S/C35H46N6O7/c1-10-46-31(43)26-19-22(2)37-28(26)21-25-24-20-23(11-12-27(24)38-30(25)42)29-13-14-36-41(29)18-17-40(33(45)48-35(6,7)8)16-15-39(9)32(44)47-34(3,4)5/h11-14,19-21,37H,10,15-18H2,1-9H3,(H,38,42)/b25-21-. The third-order valence-electron chi connectivity index (χ3n) is 7.23. The van der Waals surface area contributed by atoms with E-state index in [0.717, 1.165) is 17.0 Å². The Morgan fingerprint density at radius 1 is 0.958 bits per heavy atom. The summed E-state index contributed by atoms with van der Waals surface area (Å²) in [5, 5.41) is 7.40. The third kappa shape index (κ3) is 9.05. The fourth-order valence-corrected chi connectivity index (χ4v) is 5.03. The summed E-state index contributed by atoms with van der Waals surface area (Å²) in [6.07, 6.45) is 2.34. The van der Waals surface area contributed by atoms with Crippen LogP contribution in [0.4, 0.5) is 15.3 Å². The minimum Gasteiger partial charge on any atom is -0.462 e. The third-order valence-corrected chi connectivity index (χ3v) is 7.23. The van der Waals surface area contributed by atoms with Crippen LogP contribution in [-0.4, -0.2) is 93.1 Å². The summed E-state index contributed by atoms with van der Waals surface area (Å²) in [4.78, 5) is 57.5. The molecule has 13 nitrogen and oxygen atoms in total.